The number of hydrogen-bond donors (Lipinski definition) is 0. The summed E-state index contributed by atoms with van der Waals surface area (Å²) in [5.74, 6) is 0.730. The van der Waals surface area contributed by atoms with E-state index in [9.17, 15) is 0 Å². The molecule has 1 aliphatic carbocycles. The molecular formula is C9H12N2. The van der Waals surface area contributed by atoms with E-state index in [1.807, 2.05) is 0 Å². The van der Waals surface area contributed by atoms with Crippen molar-refractivity contribution in [1.29, 1.82) is 5.26 Å². The Balaban J connectivity index is 2.07. The Labute approximate surface area is 67.1 Å². The minimum atomic E-state index is 0.569. The van der Waals surface area contributed by atoms with Gasteiger partial charge < -0.3 is 0 Å². The van der Waals surface area contributed by atoms with Crippen LogP contribution in [0.3, 0.4) is 0 Å². The van der Waals surface area contributed by atoms with Crippen LogP contribution in [0.15, 0.2) is 12.2 Å². The molecule has 2 unspecified atom stereocenters. The first-order valence-electron chi connectivity index (χ1n) is 4.19. The van der Waals surface area contributed by atoms with Crippen LogP contribution in [0.2, 0.25) is 0 Å². The molecule has 11 heavy (non-hydrogen) atoms. The van der Waals surface area contributed by atoms with Crippen LogP contribution in [-0.2, 0) is 0 Å². The van der Waals surface area contributed by atoms with Crippen LogP contribution in [-0.4, -0.2) is 24.0 Å². The summed E-state index contributed by atoms with van der Waals surface area (Å²) in [6.07, 6.45) is 7.14. The van der Waals surface area contributed by atoms with Gasteiger partial charge in [0.1, 0.15) is 0 Å². The standard InChI is InChI=1S/C9H12N2/c10-5-6-11-7-8-1-3-9(11)4-2-8/h1,3,8-9H,2,4,6-7H2. The molecule has 0 spiro atoms. The van der Waals surface area contributed by atoms with Crippen molar-refractivity contribution < 1.29 is 0 Å². The van der Waals surface area contributed by atoms with Gasteiger partial charge in [0.05, 0.1) is 12.6 Å². The van der Waals surface area contributed by atoms with Crippen LogP contribution in [0.1, 0.15) is 12.8 Å². The molecule has 0 N–H and O–H groups in total. The third kappa shape index (κ3) is 1.17. The first-order valence-corrected chi connectivity index (χ1v) is 4.19. The van der Waals surface area contributed by atoms with Crippen molar-refractivity contribution in [1.82, 2.24) is 4.90 Å². The summed E-state index contributed by atoms with van der Waals surface area (Å²) < 4.78 is 0. The summed E-state index contributed by atoms with van der Waals surface area (Å²) in [5.41, 5.74) is 0. The second-order valence-corrected chi connectivity index (χ2v) is 3.38. The first-order chi connectivity index (χ1) is 5.40. The lowest BCUT2D eigenvalue weighted by Gasteiger charge is -2.39. The molecule has 1 fully saturated rings. The van der Waals surface area contributed by atoms with Crippen LogP contribution in [0.25, 0.3) is 0 Å². The van der Waals surface area contributed by atoms with Gasteiger partial charge in [-0.15, -0.1) is 0 Å². The molecule has 0 aromatic rings. The highest BCUT2D eigenvalue weighted by Crippen LogP contribution is 2.28. The SMILES string of the molecule is N#CCN1CC2C=CC1CC2. The molecule has 0 aromatic heterocycles. The quantitative estimate of drug-likeness (QED) is 0.412. The molecule has 2 atom stereocenters. The van der Waals surface area contributed by atoms with E-state index in [1.165, 1.54) is 12.8 Å². The molecule has 1 saturated heterocycles. The van der Waals surface area contributed by atoms with Gasteiger partial charge in [-0.3, -0.25) is 4.90 Å². The molecule has 2 nitrogen and oxygen atoms in total. The number of fused-ring (bicyclic) bond motifs is 2. The maximum atomic E-state index is 8.53. The van der Waals surface area contributed by atoms with Crippen LogP contribution >= 0.6 is 0 Å². The zero-order chi connectivity index (χ0) is 7.68. The minimum absolute atomic E-state index is 0.569. The fourth-order valence-electron chi connectivity index (χ4n) is 2.03. The van der Waals surface area contributed by atoms with Gasteiger partial charge in [0.15, 0.2) is 0 Å². The van der Waals surface area contributed by atoms with Gasteiger partial charge in [0.2, 0.25) is 0 Å². The molecule has 3 aliphatic rings. The molecule has 0 amide bonds. The Hall–Kier alpha value is -0.810. The van der Waals surface area contributed by atoms with Gasteiger partial charge in [-0.2, -0.15) is 5.26 Å². The summed E-state index contributed by atoms with van der Waals surface area (Å²) in [7, 11) is 0. The molecule has 2 aliphatic heterocycles. The van der Waals surface area contributed by atoms with E-state index in [0.717, 1.165) is 12.5 Å². The van der Waals surface area contributed by atoms with E-state index in [4.69, 9.17) is 5.26 Å². The summed E-state index contributed by atoms with van der Waals surface area (Å²) in [4.78, 5) is 2.27. The van der Waals surface area contributed by atoms with Gasteiger partial charge in [0, 0.05) is 12.6 Å². The lowest BCUT2D eigenvalue weighted by atomic mass is 9.86. The number of nitriles is 1. The van der Waals surface area contributed by atoms with E-state index in [1.54, 1.807) is 0 Å². The van der Waals surface area contributed by atoms with Crippen molar-refractivity contribution >= 4 is 0 Å². The van der Waals surface area contributed by atoms with Crippen molar-refractivity contribution in [2.75, 3.05) is 13.1 Å². The van der Waals surface area contributed by atoms with Crippen molar-refractivity contribution in [3.8, 4) is 6.07 Å². The highest BCUT2D eigenvalue weighted by molar-refractivity contribution is 5.09. The molecule has 2 heterocycles. The van der Waals surface area contributed by atoms with E-state index in [-0.39, 0.29) is 0 Å². The average molecular weight is 148 g/mol. The van der Waals surface area contributed by atoms with E-state index >= 15 is 0 Å². The Bertz CT molecular complexity index is 214. The summed E-state index contributed by atoms with van der Waals surface area (Å²) in [5, 5.41) is 8.53. The largest absolute Gasteiger partial charge is 0.283 e. The zero-order valence-electron chi connectivity index (χ0n) is 6.53. The molecule has 0 saturated carbocycles. The Morgan fingerprint density at radius 3 is 2.82 bits per heavy atom. The normalized spacial score (nSPS) is 35.5. The smallest absolute Gasteiger partial charge is 0.0871 e. The van der Waals surface area contributed by atoms with Crippen LogP contribution in [0.4, 0.5) is 0 Å². The van der Waals surface area contributed by atoms with Crippen LogP contribution < -0.4 is 0 Å². The molecule has 3 rings (SSSR count). The molecule has 2 bridgehead atoms. The third-order valence-electron chi connectivity index (χ3n) is 2.65. The third-order valence-corrected chi connectivity index (χ3v) is 2.65. The minimum Gasteiger partial charge on any atom is -0.283 e. The molecule has 0 radical (unpaired) electrons. The number of rotatable bonds is 1. The average Bonchev–Trinajstić information content (AvgIpc) is 2.07. The predicted octanol–water partition coefficient (Wildman–Crippen LogP) is 1.16. The summed E-state index contributed by atoms with van der Waals surface area (Å²) in [6, 6.07) is 2.78. The van der Waals surface area contributed by atoms with E-state index < -0.39 is 0 Å². The maximum absolute atomic E-state index is 8.53. The highest BCUT2D eigenvalue weighted by Gasteiger charge is 2.28. The second kappa shape index (κ2) is 2.67. The summed E-state index contributed by atoms with van der Waals surface area (Å²) in [6.45, 7) is 1.71. The fourth-order valence-corrected chi connectivity index (χ4v) is 2.03. The van der Waals surface area contributed by atoms with Crippen LogP contribution in [0.5, 0.6) is 0 Å². The maximum Gasteiger partial charge on any atom is 0.0871 e. The predicted molar refractivity (Wildman–Crippen MR) is 42.8 cm³/mol. The van der Waals surface area contributed by atoms with E-state index in [2.05, 4.69) is 23.1 Å². The van der Waals surface area contributed by atoms with Gasteiger partial charge >= 0.3 is 0 Å². The second-order valence-electron chi connectivity index (χ2n) is 3.38. The molecule has 2 heteroatoms. The number of nitrogens with zero attached hydrogens (tertiary/aromatic N) is 2. The first kappa shape index (κ1) is 6.87. The zero-order valence-corrected chi connectivity index (χ0v) is 6.53. The molecular weight excluding hydrogens is 136 g/mol. The van der Waals surface area contributed by atoms with Crippen LogP contribution in [0, 0.1) is 17.2 Å². The van der Waals surface area contributed by atoms with Gasteiger partial charge in [-0.25, -0.2) is 0 Å². The fraction of sp³-hybridized carbons (Fsp3) is 0.667. The van der Waals surface area contributed by atoms with Gasteiger partial charge in [0.25, 0.3) is 0 Å². The lowest BCUT2D eigenvalue weighted by Crippen LogP contribution is -2.45. The van der Waals surface area contributed by atoms with Crippen molar-refractivity contribution in [3.63, 3.8) is 0 Å². The van der Waals surface area contributed by atoms with Gasteiger partial charge in [-0.1, -0.05) is 12.2 Å². The van der Waals surface area contributed by atoms with E-state index in [0.29, 0.717) is 12.6 Å². The lowest BCUT2D eigenvalue weighted by molar-refractivity contribution is 0.155. The monoisotopic (exact) mass is 148 g/mol. The topological polar surface area (TPSA) is 27.0 Å². The molecule has 58 valence electrons. The Kier molecular flexibility index (Phi) is 1.67. The Morgan fingerprint density at radius 1 is 1.45 bits per heavy atom. The van der Waals surface area contributed by atoms with Gasteiger partial charge in [-0.05, 0) is 18.8 Å². The summed E-state index contributed by atoms with van der Waals surface area (Å²) >= 11 is 0. The highest BCUT2D eigenvalue weighted by atomic mass is 15.2. The Morgan fingerprint density at radius 2 is 2.36 bits per heavy atom. The van der Waals surface area contributed by atoms with Crippen molar-refractivity contribution in [3.05, 3.63) is 12.2 Å². The number of hydrogen-bond acceptors (Lipinski definition) is 2. The number of piperidine rings is 1. The molecule has 0 aromatic carbocycles. The van der Waals surface area contributed by atoms with Crippen molar-refractivity contribution in [2.24, 2.45) is 5.92 Å². The van der Waals surface area contributed by atoms with Crippen molar-refractivity contribution in [2.45, 2.75) is 18.9 Å².